The minimum absolute atomic E-state index is 0.247. The number of nitrogens with two attached hydrogens (primary N) is 1. The lowest BCUT2D eigenvalue weighted by atomic mass is 9.72. The van der Waals surface area contributed by atoms with Crippen molar-refractivity contribution in [2.24, 2.45) is 17.6 Å². The molecule has 0 aromatic heterocycles. The summed E-state index contributed by atoms with van der Waals surface area (Å²) in [6.45, 7) is 4.68. The van der Waals surface area contributed by atoms with Crippen LogP contribution in [0.1, 0.15) is 98.5 Å². The van der Waals surface area contributed by atoms with Gasteiger partial charge < -0.3 is 5.73 Å². The average molecular weight is 313 g/mol. The molecule has 2 nitrogen and oxygen atoms in total. The van der Waals surface area contributed by atoms with Crippen LogP contribution in [-0.2, 0) is 0 Å². The van der Waals surface area contributed by atoms with Gasteiger partial charge in [-0.05, 0) is 53.7 Å². The fourth-order valence-corrected chi connectivity index (χ4v) is 4.93. The van der Waals surface area contributed by atoms with Crippen molar-refractivity contribution in [1.29, 1.82) is 0 Å². The van der Waals surface area contributed by atoms with Crippen LogP contribution in [0.15, 0.2) is 18.2 Å². The number of primary amides is 1. The van der Waals surface area contributed by atoms with Gasteiger partial charge >= 0.3 is 0 Å². The maximum absolute atomic E-state index is 12.1. The van der Waals surface area contributed by atoms with E-state index in [9.17, 15) is 4.79 Å². The maximum atomic E-state index is 12.1. The third kappa shape index (κ3) is 3.46. The molecule has 0 bridgehead atoms. The van der Waals surface area contributed by atoms with Crippen molar-refractivity contribution < 1.29 is 4.79 Å². The van der Waals surface area contributed by atoms with Gasteiger partial charge in [0.25, 0.3) is 0 Å². The van der Waals surface area contributed by atoms with Crippen LogP contribution in [0.2, 0.25) is 0 Å². The molecular weight excluding hydrogens is 282 g/mol. The summed E-state index contributed by atoms with van der Waals surface area (Å²) in [5, 5.41) is 0. The number of benzene rings is 1. The molecule has 4 unspecified atom stereocenters. The molecule has 2 aliphatic rings. The van der Waals surface area contributed by atoms with E-state index in [0.29, 0.717) is 23.7 Å². The Hall–Kier alpha value is -1.31. The van der Waals surface area contributed by atoms with Crippen molar-refractivity contribution >= 4 is 5.91 Å². The summed E-state index contributed by atoms with van der Waals surface area (Å²) in [6, 6.07) is 6.64. The third-order valence-electron chi connectivity index (χ3n) is 6.39. The number of carbonyl (C=O) groups excluding carboxylic acids is 1. The monoisotopic (exact) mass is 313 g/mol. The van der Waals surface area contributed by atoms with Gasteiger partial charge in [0.15, 0.2) is 0 Å². The zero-order valence-corrected chi connectivity index (χ0v) is 14.7. The summed E-state index contributed by atoms with van der Waals surface area (Å²) in [4.78, 5) is 12.1. The maximum Gasteiger partial charge on any atom is 0.248 e. The van der Waals surface area contributed by atoms with Crippen LogP contribution < -0.4 is 5.73 Å². The van der Waals surface area contributed by atoms with E-state index in [1.165, 1.54) is 62.5 Å². The Balaban J connectivity index is 1.93. The second kappa shape index (κ2) is 7.07. The highest BCUT2D eigenvalue weighted by Gasteiger charge is 2.28. The zero-order chi connectivity index (χ0) is 16.4. The first-order valence-electron chi connectivity index (χ1n) is 9.51. The highest BCUT2D eigenvalue weighted by Crippen LogP contribution is 2.42. The lowest BCUT2D eigenvalue weighted by Crippen LogP contribution is -2.22. The molecule has 2 fully saturated rings. The largest absolute Gasteiger partial charge is 0.366 e. The van der Waals surface area contributed by atoms with E-state index in [2.05, 4.69) is 32.0 Å². The Bertz CT molecular complexity index is 565. The van der Waals surface area contributed by atoms with E-state index in [0.717, 1.165) is 5.56 Å². The van der Waals surface area contributed by atoms with Crippen LogP contribution in [0, 0.1) is 11.8 Å². The van der Waals surface area contributed by atoms with Crippen LogP contribution in [0.5, 0.6) is 0 Å². The summed E-state index contributed by atoms with van der Waals surface area (Å²) in [5.74, 6) is 2.22. The third-order valence-corrected chi connectivity index (χ3v) is 6.39. The van der Waals surface area contributed by atoms with E-state index in [4.69, 9.17) is 5.73 Å². The topological polar surface area (TPSA) is 43.1 Å². The van der Waals surface area contributed by atoms with Gasteiger partial charge in [0.2, 0.25) is 5.91 Å². The molecule has 0 spiro atoms. The molecule has 2 heteroatoms. The summed E-state index contributed by atoms with van der Waals surface area (Å²) >= 11 is 0. The standard InChI is InChI=1S/C21H31NO/c1-14-7-3-5-9-17(14)16-11-12-19(20(13-16)21(22)23)18-10-6-4-8-15(18)2/h11-15,17-18H,3-10H2,1-2H3,(H2,22,23). The fraction of sp³-hybridized carbons (Fsp3) is 0.667. The molecule has 0 radical (unpaired) electrons. The van der Waals surface area contributed by atoms with Crippen molar-refractivity contribution in [2.45, 2.75) is 77.0 Å². The van der Waals surface area contributed by atoms with Crippen molar-refractivity contribution in [3.8, 4) is 0 Å². The van der Waals surface area contributed by atoms with Crippen LogP contribution >= 0.6 is 0 Å². The summed E-state index contributed by atoms with van der Waals surface area (Å²) in [6.07, 6.45) is 10.3. The molecule has 1 aromatic carbocycles. The lowest BCUT2D eigenvalue weighted by Gasteiger charge is -2.32. The van der Waals surface area contributed by atoms with E-state index in [-0.39, 0.29) is 5.91 Å². The zero-order valence-electron chi connectivity index (χ0n) is 14.7. The summed E-state index contributed by atoms with van der Waals surface area (Å²) in [7, 11) is 0. The van der Waals surface area contributed by atoms with Gasteiger partial charge in [0.05, 0.1) is 0 Å². The van der Waals surface area contributed by atoms with Gasteiger partial charge in [-0.3, -0.25) is 4.79 Å². The fourth-order valence-electron chi connectivity index (χ4n) is 4.93. The lowest BCUT2D eigenvalue weighted by molar-refractivity contribution is 0.0998. The molecule has 1 aromatic rings. The molecule has 3 rings (SSSR count). The molecule has 2 saturated carbocycles. The number of amides is 1. The van der Waals surface area contributed by atoms with E-state index >= 15 is 0 Å². The second-order valence-corrected chi connectivity index (χ2v) is 7.95. The van der Waals surface area contributed by atoms with E-state index < -0.39 is 0 Å². The van der Waals surface area contributed by atoms with Gasteiger partial charge in [0, 0.05) is 5.56 Å². The van der Waals surface area contributed by atoms with Gasteiger partial charge in [-0.15, -0.1) is 0 Å². The predicted octanol–water partition coefficient (Wildman–Crippen LogP) is 5.37. The molecule has 0 saturated heterocycles. The predicted molar refractivity (Wildman–Crippen MR) is 95.7 cm³/mol. The van der Waals surface area contributed by atoms with Crippen molar-refractivity contribution in [3.63, 3.8) is 0 Å². The molecule has 2 aliphatic carbocycles. The Morgan fingerprint density at radius 3 is 2.04 bits per heavy atom. The SMILES string of the molecule is CC1CCCCC1c1ccc(C2CCCCC2C)c(C(N)=O)c1. The van der Waals surface area contributed by atoms with E-state index in [1.807, 2.05) is 0 Å². The Morgan fingerprint density at radius 1 is 0.913 bits per heavy atom. The first kappa shape index (κ1) is 16.5. The number of hydrogen-bond donors (Lipinski definition) is 1. The van der Waals surface area contributed by atoms with Crippen LogP contribution in [0.4, 0.5) is 0 Å². The van der Waals surface area contributed by atoms with Crippen LogP contribution in [-0.4, -0.2) is 5.91 Å². The first-order valence-corrected chi connectivity index (χ1v) is 9.51. The highest BCUT2D eigenvalue weighted by atomic mass is 16.1. The highest BCUT2D eigenvalue weighted by molar-refractivity contribution is 5.94. The second-order valence-electron chi connectivity index (χ2n) is 7.95. The van der Waals surface area contributed by atoms with Crippen molar-refractivity contribution in [3.05, 3.63) is 34.9 Å². The molecule has 126 valence electrons. The van der Waals surface area contributed by atoms with Crippen molar-refractivity contribution in [1.82, 2.24) is 0 Å². The quantitative estimate of drug-likeness (QED) is 0.800. The summed E-state index contributed by atoms with van der Waals surface area (Å²) in [5.41, 5.74) is 9.09. The minimum atomic E-state index is -0.247. The number of rotatable bonds is 3. The van der Waals surface area contributed by atoms with Crippen LogP contribution in [0.25, 0.3) is 0 Å². The van der Waals surface area contributed by atoms with Crippen molar-refractivity contribution in [2.75, 3.05) is 0 Å². The van der Waals surface area contributed by atoms with Gasteiger partial charge in [-0.25, -0.2) is 0 Å². The number of hydrogen-bond acceptors (Lipinski definition) is 1. The normalized spacial score (nSPS) is 31.7. The Morgan fingerprint density at radius 2 is 1.48 bits per heavy atom. The molecular formula is C21H31NO. The van der Waals surface area contributed by atoms with Gasteiger partial charge in [-0.1, -0.05) is 64.5 Å². The first-order chi connectivity index (χ1) is 11.1. The Kier molecular flexibility index (Phi) is 5.08. The average Bonchev–Trinajstić information content (AvgIpc) is 2.55. The van der Waals surface area contributed by atoms with E-state index in [1.54, 1.807) is 0 Å². The molecule has 23 heavy (non-hydrogen) atoms. The molecule has 4 atom stereocenters. The van der Waals surface area contributed by atoms with Gasteiger partial charge in [0.1, 0.15) is 0 Å². The molecule has 0 aliphatic heterocycles. The molecule has 1 amide bonds. The Labute approximate surface area is 140 Å². The summed E-state index contributed by atoms with van der Waals surface area (Å²) < 4.78 is 0. The minimum Gasteiger partial charge on any atom is -0.366 e. The van der Waals surface area contributed by atoms with Crippen LogP contribution in [0.3, 0.4) is 0 Å². The number of carbonyl (C=O) groups is 1. The molecule has 2 N–H and O–H groups in total. The molecule has 0 heterocycles. The van der Waals surface area contributed by atoms with Gasteiger partial charge in [-0.2, -0.15) is 0 Å². The smallest absolute Gasteiger partial charge is 0.248 e.